The third-order valence-corrected chi connectivity index (χ3v) is 5.50. The average molecular weight is 454 g/mol. The fourth-order valence-corrected chi connectivity index (χ4v) is 4.27. The molecule has 0 fully saturated rings. The zero-order valence-corrected chi connectivity index (χ0v) is 19.1. The van der Waals surface area contributed by atoms with E-state index in [1.807, 2.05) is 24.0 Å². The Morgan fingerprint density at radius 2 is 1.85 bits per heavy atom. The number of hydrogen-bond acceptors (Lipinski definition) is 4. The largest absolute Gasteiger partial charge is 0.341 e. The van der Waals surface area contributed by atoms with E-state index in [4.69, 9.17) is 0 Å². The second kappa shape index (κ2) is 9.73. The third kappa shape index (κ3) is 5.82. The standard InChI is InChI=1S/C20H28BrN3O2S/c1-6-24-19(26)16-9-15(21)7-8-17(16)22-20(24)27-12-18(25)23(10-13(2)3)11-14(4)5/h7-9,13-14H,6,10-12H2,1-5H3. The van der Waals surface area contributed by atoms with Crippen LogP contribution in [0.3, 0.4) is 0 Å². The number of halogens is 1. The highest BCUT2D eigenvalue weighted by molar-refractivity contribution is 9.10. The summed E-state index contributed by atoms with van der Waals surface area (Å²) in [4.78, 5) is 32.1. The maximum absolute atomic E-state index is 12.8. The molecule has 1 amide bonds. The highest BCUT2D eigenvalue weighted by Gasteiger charge is 2.18. The number of hydrogen-bond donors (Lipinski definition) is 0. The van der Waals surface area contributed by atoms with E-state index in [1.165, 1.54) is 11.8 Å². The number of rotatable bonds is 8. The Kier molecular flexibility index (Phi) is 7.91. The van der Waals surface area contributed by atoms with Crippen molar-refractivity contribution in [3.63, 3.8) is 0 Å². The van der Waals surface area contributed by atoms with Gasteiger partial charge in [0.05, 0.1) is 16.7 Å². The highest BCUT2D eigenvalue weighted by atomic mass is 79.9. The van der Waals surface area contributed by atoms with Crippen molar-refractivity contribution in [2.45, 2.75) is 46.3 Å². The van der Waals surface area contributed by atoms with Crippen LogP contribution < -0.4 is 5.56 Å². The van der Waals surface area contributed by atoms with E-state index in [1.54, 1.807) is 10.6 Å². The smallest absolute Gasteiger partial charge is 0.262 e. The topological polar surface area (TPSA) is 55.2 Å². The molecule has 0 saturated carbocycles. The molecule has 0 atom stereocenters. The SMILES string of the molecule is CCn1c(SCC(=O)N(CC(C)C)CC(C)C)nc2ccc(Br)cc2c1=O. The van der Waals surface area contributed by atoms with Crippen LogP contribution in [0.15, 0.2) is 32.6 Å². The van der Waals surface area contributed by atoms with Gasteiger partial charge in [-0.15, -0.1) is 0 Å². The molecule has 1 heterocycles. The van der Waals surface area contributed by atoms with Gasteiger partial charge in [0.25, 0.3) is 5.56 Å². The third-order valence-electron chi connectivity index (χ3n) is 4.05. The monoisotopic (exact) mass is 453 g/mol. The maximum atomic E-state index is 12.8. The van der Waals surface area contributed by atoms with Crippen LogP contribution in [0.25, 0.3) is 10.9 Å². The van der Waals surface area contributed by atoms with Gasteiger partial charge < -0.3 is 4.90 Å². The Labute approximate surface area is 173 Å². The summed E-state index contributed by atoms with van der Waals surface area (Å²) >= 11 is 4.75. The van der Waals surface area contributed by atoms with Gasteiger partial charge in [-0.2, -0.15) is 0 Å². The molecule has 0 aliphatic heterocycles. The van der Waals surface area contributed by atoms with Gasteiger partial charge in [0.1, 0.15) is 0 Å². The summed E-state index contributed by atoms with van der Waals surface area (Å²) in [5, 5.41) is 1.18. The molecule has 2 aromatic rings. The average Bonchev–Trinajstić information content (AvgIpc) is 2.59. The van der Waals surface area contributed by atoms with Crippen molar-refractivity contribution >= 4 is 44.5 Å². The summed E-state index contributed by atoms with van der Waals surface area (Å²) in [6.45, 7) is 12.4. The Morgan fingerprint density at radius 1 is 1.22 bits per heavy atom. The second-order valence-electron chi connectivity index (χ2n) is 7.48. The minimum atomic E-state index is -0.0695. The number of benzene rings is 1. The predicted octanol–water partition coefficient (Wildman–Crippen LogP) is 4.41. The Hall–Kier alpha value is -1.34. The lowest BCUT2D eigenvalue weighted by molar-refractivity contribution is -0.129. The molecule has 0 unspecified atom stereocenters. The summed E-state index contributed by atoms with van der Waals surface area (Å²) < 4.78 is 2.49. The van der Waals surface area contributed by atoms with Gasteiger partial charge in [0, 0.05) is 24.1 Å². The second-order valence-corrected chi connectivity index (χ2v) is 9.34. The molecule has 0 bridgehead atoms. The van der Waals surface area contributed by atoms with Crippen molar-refractivity contribution in [1.29, 1.82) is 0 Å². The Balaban J connectivity index is 2.25. The summed E-state index contributed by atoms with van der Waals surface area (Å²) in [5.41, 5.74) is 0.587. The number of carbonyl (C=O) groups excluding carboxylic acids is 1. The minimum absolute atomic E-state index is 0.0695. The first-order valence-corrected chi connectivity index (χ1v) is 11.1. The number of carbonyl (C=O) groups is 1. The zero-order valence-electron chi connectivity index (χ0n) is 16.7. The molecule has 0 spiro atoms. The number of fused-ring (bicyclic) bond motifs is 1. The summed E-state index contributed by atoms with van der Waals surface area (Å²) in [6, 6.07) is 5.50. The molecule has 0 saturated heterocycles. The van der Waals surface area contributed by atoms with Crippen LogP contribution in [0.2, 0.25) is 0 Å². The fourth-order valence-electron chi connectivity index (χ4n) is 2.94. The molecule has 0 aliphatic rings. The normalized spacial score (nSPS) is 11.6. The lowest BCUT2D eigenvalue weighted by Crippen LogP contribution is -2.38. The van der Waals surface area contributed by atoms with E-state index in [2.05, 4.69) is 48.6 Å². The first kappa shape index (κ1) is 22.0. The fraction of sp³-hybridized carbons (Fsp3) is 0.550. The first-order valence-electron chi connectivity index (χ1n) is 9.33. The zero-order chi connectivity index (χ0) is 20.1. The molecule has 0 aliphatic carbocycles. The molecule has 7 heteroatoms. The molecular formula is C20H28BrN3O2S. The van der Waals surface area contributed by atoms with Crippen molar-refractivity contribution in [2.75, 3.05) is 18.8 Å². The van der Waals surface area contributed by atoms with Crippen LogP contribution in [-0.2, 0) is 11.3 Å². The lowest BCUT2D eigenvalue weighted by atomic mass is 10.1. The number of nitrogens with zero attached hydrogens (tertiary/aromatic N) is 3. The molecular weight excluding hydrogens is 426 g/mol. The van der Waals surface area contributed by atoms with Crippen molar-refractivity contribution < 1.29 is 4.79 Å². The van der Waals surface area contributed by atoms with Gasteiger partial charge >= 0.3 is 0 Å². The molecule has 2 rings (SSSR count). The van der Waals surface area contributed by atoms with Crippen LogP contribution in [-0.4, -0.2) is 39.2 Å². The number of amides is 1. The summed E-state index contributed by atoms with van der Waals surface area (Å²) in [5.74, 6) is 1.22. The molecule has 27 heavy (non-hydrogen) atoms. The maximum Gasteiger partial charge on any atom is 0.262 e. The van der Waals surface area contributed by atoms with Crippen molar-refractivity contribution in [2.24, 2.45) is 11.8 Å². The molecule has 5 nitrogen and oxygen atoms in total. The lowest BCUT2D eigenvalue weighted by Gasteiger charge is -2.26. The predicted molar refractivity (Wildman–Crippen MR) is 116 cm³/mol. The van der Waals surface area contributed by atoms with Crippen LogP contribution in [0.5, 0.6) is 0 Å². The van der Waals surface area contributed by atoms with E-state index >= 15 is 0 Å². The number of thioether (sulfide) groups is 1. The minimum Gasteiger partial charge on any atom is -0.341 e. The van der Waals surface area contributed by atoms with Crippen LogP contribution in [0.4, 0.5) is 0 Å². The Bertz CT molecular complexity index is 854. The van der Waals surface area contributed by atoms with Gasteiger partial charge in [-0.3, -0.25) is 14.2 Å². The number of aromatic nitrogens is 2. The van der Waals surface area contributed by atoms with Gasteiger partial charge in [-0.05, 0) is 37.0 Å². The molecule has 0 radical (unpaired) electrons. The van der Waals surface area contributed by atoms with Crippen LogP contribution in [0.1, 0.15) is 34.6 Å². The van der Waals surface area contributed by atoms with E-state index in [9.17, 15) is 9.59 Å². The molecule has 1 aromatic carbocycles. The van der Waals surface area contributed by atoms with Gasteiger partial charge in [0.15, 0.2) is 5.16 Å². The van der Waals surface area contributed by atoms with E-state index in [0.29, 0.717) is 34.4 Å². The van der Waals surface area contributed by atoms with Gasteiger partial charge in [-0.25, -0.2) is 4.98 Å². The van der Waals surface area contributed by atoms with E-state index in [0.717, 1.165) is 17.6 Å². The molecule has 0 N–H and O–H groups in total. The van der Waals surface area contributed by atoms with E-state index in [-0.39, 0.29) is 17.2 Å². The highest BCUT2D eigenvalue weighted by Crippen LogP contribution is 2.21. The Morgan fingerprint density at radius 3 is 2.41 bits per heavy atom. The quantitative estimate of drug-likeness (QED) is 0.438. The van der Waals surface area contributed by atoms with Crippen molar-refractivity contribution in [3.05, 3.63) is 33.0 Å². The van der Waals surface area contributed by atoms with Crippen LogP contribution in [0, 0.1) is 11.8 Å². The van der Waals surface area contributed by atoms with Crippen molar-refractivity contribution in [3.8, 4) is 0 Å². The van der Waals surface area contributed by atoms with Gasteiger partial charge in [0.2, 0.25) is 5.91 Å². The molecule has 1 aromatic heterocycles. The van der Waals surface area contributed by atoms with Crippen LogP contribution >= 0.6 is 27.7 Å². The first-order chi connectivity index (χ1) is 12.7. The summed E-state index contributed by atoms with van der Waals surface area (Å²) in [7, 11) is 0. The molecule has 148 valence electrons. The van der Waals surface area contributed by atoms with Gasteiger partial charge in [-0.1, -0.05) is 55.4 Å². The van der Waals surface area contributed by atoms with Crippen molar-refractivity contribution in [1.82, 2.24) is 14.5 Å². The summed E-state index contributed by atoms with van der Waals surface area (Å²) in [6.07, 6.45) is 0. The van der Waals surface area contributed by atoms with E-state index < -0.39 is 0 Å².